The summed E-state index contributed by atoms with van der Waals surface area (Å²) in [5, 5.41) is 17.8. The summed E-state index contributed by atoms with van der Waals surface area (Å²) in [6.07, 6.45) is 8.87. The van der Waals surface area contributed by atoms with Crippen molar-refractivity contribution in [2.45, 2.75) is 197 Å². The number of fused-ring (bicyclic) bond motifs is 6. The van der Waals surface area contributed by atoms with E-state index >= 15 is 0 Å². The molecule has 1 aromatic heterocycles. The Kier molecular flexibility index (Phi) is 38.8. The molecule has 6 aliphatic heterocycles. The number of carbonyl (C=O) groups is 6. The highest BCUT2D eigenvalue weighted by Crippen LogP contribution is 2.41. The number of hydrogen-bond acceptors (Lipinski definition) is 18. The minimum absolute atomic E-state index is 0.00200. The van der Waals surface area contributed by atoms with E-state index in [1.54, 1.807) is 6.07 Å². The van der Waals surface area contributed by atoms with Gasteiger partial charge < -0.3 is 84.0 Å². The first-order valence-corrected chi connectivity index (χ1v) is 52.0. The molecule has 12 aromatic carbocycles. The van der Waals surface area contributed by atoms with Crippen LogP contribution in [0.1, 0.15) is 198 Å². The summed E-state index contributed by atoms with van der Waals surface area (Å²) in [5.74, 6) is 7.79. The first kappa shape index (κ1) is 110. The lowest BCUT2D eigenvalue weighted by atomic mass is 9.86. The number of carbonyl (C=O) groups excluding carboxylic acids is 6. The minimum Gasteiger partial charge on any atom is -0.493 e. The number of benzene rings is 12. The van der Waals surface area contributed by atoms with Crippen LogP contribution in [-0.4, -0.2) is 113 Å². The number of aryl methyl sites for hydroxylation is 7. The predicted molar refractivity (Wildman–Crippen MR) is 594 cm³/mol. The van der Waals surface area contributed by atoms with Gasteiger partial charge in [0.05, 0.1) is 6.61 Å². The van der Waals surface area contributed by atoms with Crippen LogP contribution in [0, 0.1) is 39.5 Å². The molecule has 7 heterocycles. The van der Waals surface area contributed by atoms with Gasteiger partial charge in [-0.15, -0.1) is 0 Å². The van der Waals surface area contributed by atoms with Gasteiger partial charge in [-0.05, 0) is 218 Å². The van der Waals surface area contributed by atoms with Gasteiger partial charge in [0.15, 0.2) is 57.5 Å². The molecule has 13 aromatic rings. The lowest BCUT2D eigenvalue weighted by molar-refractivity contribution is -0.120. The minimum atomic E-state index is -0.106. The number of pyridine rings is 1. The fourth-order valence-corrected chi connectivity index (χ4v) is 17.2. The molecule has 24 nitrogen and oxygen atoms in total. The smallest absolute Gasteiger partial charge is 0.227 e. The number of amides is 6. The quantitative estimate of drug-likeness (QED) is 0.0294. The Morgan fingerprint density at radius 1 is 0.300 bits per heavy atom. The van der Waals surface area contributed by atoms with Crippen molar-refractivity contribution in [3.63, 3.8) is 0 Å². The maximum Gasteiger partial charge on any atom is 0.227 e. The van der Waals surface area contributed by atoms with Crippen molar-refractivity contribution in [1.29, 1.82) is 0 Å². The Labute approximate surface area is 883 Å². The fourth-order valence-electron chi connectivity index (χ4n) is 17.2. The summed E-state index contributed by atoms with van der Waals surface area (Å²) in [4.78, 5) is 79.0. The maximum atomic E-state index is 12.9. The van der Waals surface area contributed by atoms with Gasteiger partial charge in [0, 0.05) is 132 Å². The van der Waals surface area contributed by atoms with Crippen molar-refractivity contribution in [3.05, 3.63) is 357 Å². The molecule has 6 N–H and O–H groups in total. The molecule has 24 heteroatoms. The van der Waals surface area contributed by atoms with E-state index < -0.39 is 0 Å². The molecule has 0 fully saturated rings. The van der Waals surface area contributed by atoms with E-state index in [0.717, 1.165) is 119 Å². The molecule has 19 rings (SSSR count). The average Bonchev–Trinajstić information content (AvgIpc) is 1.92. The van der Waals surface area contributed by atoms with Gasteiger partial charge in [-0.1, -0.05) is 250 Å². The largest absolute Gasteiger partial charge is 0.493 e. The Balaban J connectivity index is 0.000000142. The van der Waals surface area contributed by atoms with Gasteiger partial charge >= 0.3 is 0 Å². The van der Waals surface area contributed by atoms with E-state index in [1.807, 2.05) is 135 Å². The van der Waals surface area contributed by atoms with Crippen LogP contribution in [0.5, 0.6) is 63.2 Å². The fraction of sp³-hybridized carbons (Fsp3) is 0.341. The van der Waals surface area contributed by atoms with E-state index in [4.69, 9.17) is 52.1 Å². The Bertz CT molecular complexity index is 6670. The highest BCUT2D eigenvalue weighted by molar-refractivity contribution is 5.96. The van der Waals surface area contributed by atoms with Crippen molar-refractivity contribution in [1.82, 2.24) is 4.98 Å². The van der Waals surface area contributed by atoms with Crippen LogP contribution in [-0.2, 0) is 83.5 Å². The van der Waals surface area contributed by atoms with Gasteiger partial charge in [0.1, 0.15) is 71.8 Å². The zero-order chi connectivity index (χ0) is 106. The Morgan fingerprint density at radius 2 is 0.633 bits per heavy atom. The first-order valence-electron chi connectivity index (χ1n) is 52.0. The molecule has 6 amide bonds. The Hall–Kier alpha value is -15.6. The van der Waals surface area contributed by atoms with Crippen molar-refractivity contribution < 1.29 is 80.9 Å². The van der Waals surface area contributed by atoms with Gasteiger partial charge in [-0.3, -0.25) is 33.8 Å². The number of nitrogens with one attached hydrogen (secondary N) is 6. The number of aromatic nitrogens is 1. The lowest BCUT2D eigenvalue weighted by Crippen LogP contribution is -2.24. The first-order chi connectivity index (χ1) is 72.1. The summed E-state index contributed by atoms with van der Waals surface area (Å²) in [5.41, 5.74) is 22.6. The van der Waals surface area contributed by atoms with Crippen molar-refractivity contribution in [2.75, 3.05) is 105 Å². The molecule has 150 heavy (non-hydrogen) atoms. The van der Waals surface area contributed by atoms with Crippen LogP contribution in [0.15, 0.2) is 273 Å². The van der Waals surface area contributed by atoms with Gasteiger partial charge in [0.25, 0.3) is 0 Å². The molecule has 0 saturated carbocycles. The molecular formula is C126H143N7O17. The molecular weight excluding hydrogens is 1880 g/mol. The van der Waals surface area contributed by atoms with Crippen LogP contribution in [0.3, 0.4) is 0 Å². The van der Waals surface area contributed by atoms with Crippen LogP contribution in [0.2, 0.25) is 0 Å². The summed E-state index contributed by atoms with van der Waals surface area (Å²) in [6, 6.07) is 87.8. The molecule has 784 valence electrons. The maximum absolute atomic E-state index is 12.9. The summed E-state index contributed by atoms with van der Waals surface area (Å²) in [6.45, 7) is 38.0. The van der Waals surface area contributed by atoms with Crippen LogP contribution in [0.4, 0.5) is 34.1 Å². The molecule has 0 radical (unpaired) electrons. The average molecular weight is 2030 g/mol. The normalized spacial score (nSPS) is 13.5. The second-order valence-electron chi connectivity index (χ2n) is 41.5. The summed E-state index contributed by atoms with van der Waals surface area (Å²) >= 11 is 0. The molecule has 6 aliphatic rings. The molecule has 0 aliphatic carbocycles. The van der Waals surface area contributed by atoms with Crippen LogP contribution >= 0.6 is 0 Å². The lowest BCUT2D eigenvalue weighted by Gasteiger charge is -2.20. The van der Waals surface area contributed by atoms with Gasteiger partial charge in [0.2, 0.25) is 35.4 Å². The zero-order valence-corrected chi connectivity index (χ0v) is 89.2. The van der Waals surface area contributed by atoms with Crippen LogP contribution in [0.25, 0.3) is 0 Å². The highest BCUT2D eigenvalue weighted by Gasteiger charge is 2.27. The van der Waals surface area contributed by atoms with Gasteiger partial charge in [-0.25, -0.2) is 0 Å². The number of hydrogen-bond donors (Lipinski definition) is 6. The standard InChI is InChI=1S/C25H25NO3.C21H25NO3.C21H25NO2.C20H24N2O3.C20H23NO3.C19H21NO3/c1-17-3-7-19(8-4-17)22(20-9-5-18(2)6-10-20)16-25(27)26-21-11-12-23-24(15-21)29-14-13-28-23;1-21(2,3)16-6-4-5-15(13-16)7-10-20(23)22-17-8-9-18-19(14-17)25-12-11-24-18;1-21(2,3)17-7-4-15(5-8-17)6-11-20(23)22-18-9-10-19-16(14-18)12-13-24-19;1-20(2,3)18-8-4-14(13-21-18)5-9-19(23)22-15-6-7-16-17(12-15)25-11-10-24-16;1-3-16(12-15-6-4-14(2)5-7-15)20(22)21-17-8-9-18-19(13-17)24-11-10-23-18;1-13-3-5-15(6-4-13)11-14(2)19(21)20-16-7-8-17-18(12-16)23-10-9-22-17/h3-12,15,22H,13-14,16H2,1-2H3,(H,26,27);4-6,8-9,13-14H,7,10-12H2,1-3H3,(H,22,23);4-5,7-10,14H,6,11-13H2,1-3H3,(H,22,23);4,6-8,12-13H,5,9-11H2,1-3H3,(H,22,23);4-9,13,16H,3,10-12H2,1-2H3,(H,21,22);3-8,12,14H,9-11H2,1-2H3,(H,20,21). The van der Waals surface area contributed by atoms with E-state index in [2.05, 4.69) is 272 Å². The number of rotatable bonds is 26. The van der Waals surface area contributed by atoms with E-state index in [0.29, 0.717) is 144 Å². The Morgan fingerprint density at radius 3 is 1.02 bits per heavy atom. The molecule has 0 spiro atoms. The molecule has 2 unspecified atom stereocenters. The van der Waals surface area contributed by atoms with E-state index in [-0.39, 0.29) is 69.4 Å². The number of ether oxygens (including phenoxy) is 11. The van der Waals surface area contributed by atoms with E-state index in [9.17, 15) is 28.8 Å². The second-order valence-corrected chi connectivity index (χ2v) is 41.5. The number of anilines is 6. The van der Waals surface area contributed by atoms with Crippen molar-refractivity contribution in [3.8, 4) is 63.2 Å². The van der Waals surface area contributed by atoms with Gasteiger partial charge in [-0.2, -0.15) is 0 Å². The highest BCUT2D eigenvalue weighted by atomic mass is 16.6. The molecule has 0 saturated heterocycles. The summed E-state index contributed by atoms with van der Waals surface area (Å²) in [7, 11) is 0. The third-order valence-electron chi connectivity index (χ3n) is 26.1. The molecule has 2 atom stereocenters. The van der Waals surface area contributed by atoms with Crippen LogP contribution < -0.4 is 84.0 Å². The predicted octanol–water partition coefficient (Wildman–Crippen LogP) is 25.3. The monoisotopic (exact) mass is 2030 g/mol. The van der Waals surface area contributed by atoms with E-state index in [1.165, 1.54) is 61.2 Å². The van der Waals surface area contributed by atoms with Crippen molar-refractivity contribution in [2.24, 2.45) is 11.8 Å². The third-order valence-corrected chi connectivity index (χ3v) is 26.1. The summed E-state index contributed by atoms with van der Waals surface area (Å²) < 4.78 is 60.8. The zero-order valence-electron chi connectivity index (χ0n) is 89.2. The molecule has 0 bridgehead atoms. The second kappa shape index (κ2) is 52.8. The third kappa shape index (κ3) is 33.7. The number of nitrogens with zero attached hydrogens (tertiary/aromatic N) is 1. The topological polar surface area (TPSA) is 289 Å². The van der Waals surface area contributed by atoms with Crippen molar-refractivity contribution >= 4 is 69.6 Å². The SMILES string of the molecule is CC(C)(C)c1ccc(CCC(=O)Nc2ccc3c(c2)CCO3)cc1.CC(C)(C)c1ccc(CCC(=O)Nc2ccc3c(c2)OCCO3)cn1.CC(C)(C)c1cccc(CCC(=O)Nc2ccc3c(c2)OCCO3)c1.CCC(Cc1ccc(C)cc1)C(=O)Nc1ccc2c(c1)OCCO2.Cc1ccc(C(CC(=O)Nc2ccc3c(c2)OCCO3)c2ccc(C)cc2)cc1.Cc1ccc(CC(C)C(=O)Nc2ccc3c(c2)OCCO3)cc1.